The summed E-state index contributed by atoms with van der Waals surface area (Å²) in [7, 11) is 0. The van der Waals surface area contributed by atoms with Crippen molar-refractivity contribution in [1.82, 2.24) is 9.80 Å². The standard InChI is InChI=1S/C25H34F2N2O6/c1-14(2)20-13-34-24(33)29(20)22(31)18(11-15-9-16(26)12-17(27)10-15)21(30)19-7-6-8-28(19)23(32)35-25(3,4)5/h9-10,12,14,18-21,30H,6-8,11,13H2,1-5H3/t18-,19+,20+,21-/m0/s1. The maximum atomic E-state index is 13.9. The molecule has 0 aromatic heterocycles. The van der Waals surface area contributed by atoms with Crippen LogP contribution in [-0.4, -0.2) is 69.9 Å². The first-order valence-electron chi connectivity index (χ1n) is 11.9. The second-order valence-electron chi connectivity index (χ2n) is 10.6. The molecule has 0 aliphatic carbocycles. The van der Waals surface area contributed by atoms with E-state index in [0.717, 1.165) is 17.0 Å². The lowest BCUT2D eigenvalue weighted by atomic mass is 9.87. The highest BCUT2D eigenvalue weighted by atomic mass is 19.1. The first kappa shape index (κ1) is 26.8. The van der Waals surface area contributed by atoms with E-state index in [2.05, 4.69) is 0 Å². The number of cyclic esters (lactones) is 1. The number of benzene rings is 1. The van der Waals surface area contributed by atoms with Crippen LogP contribution in [0.25, 0.3) is 0 Å². The van der Waals surface area contributed by atoms with Crippen molar-refractivity contribution in [2.75, 3.05) is 13.2 Å². The van der Waals surface area contributed by atoms with Crippen LogP contribution in [0.5, 0.6) is 0 Å². The van der Waals surface area contributed by atoms with Gasteiger partial charge in [-0.15, -0.1) is 0 Å². The number of imide groups is 1. The smallest absolute Gasteiger partial charge is 0.416 e. The summed E-state index contributed by atoms with van der Waals surface area (Å²) < 4.78 is 38.4. The number of aliphatic hydroxyl groups is 1. The van der Waals surface area contributed by atoms with E-state index in [1.54, 1.807) is 20.8 Å². The van der Waals surface area contributed by atoms with E-state index in [-0.39, 0.29) is 24.5 Å². The molecule has 0 radical (unpaired) electrons. The van der Waals surface area contributed by atoms with E-state index in [1.165, 1.54) is 4.90 Å². The van der Waals surface area contributed by atoms with Crippen LogP contribution in [0.3, 0.4) is 0 Å². The van der Waals surface area contributed by atoms with Gasteiger partial charge in [-0.3, -0.25) is 4.79 Å². The van der Waals surface area contributed by atoms with Gasteiger partial charge in [0.1, 0.15) is 23.8 Å². The van der Waals surface area contributed by atoms with E-state index in [1.807, 2.05) is 13.8 Å². The number of halogens is 2. The quantitative estimate of drug-likeness (QED) is 0.642. The Labute approximate surface area is 204 Å². The van der Waals surface area contributed by atoms with Gasteiger partial charge in [0.05, 0.1) is 24.1 Å². The monoisotopic (exact) mass is 496 g/mol. The zero-order chi connectivity index (χ0) is 26.1. The predicted molar refractivity (Wildman–Crippen MR) is 122 cm³/mol. The van der Waals surface area contributed by atoms with Crippen molar-refractivity contribution < 1.29 is 37.7 Å². The molecule has 2 fully saturated rings. The molecule has 1 aromatic carbocycles. The largest absolute Gasteiger partial charge is 0.447 e. The average Bonchev–Trinajstić information content (AvgIpc) is 3.36. The Morgan fingerprint density at radius 1 is 1.17 bits per heavy atom. The fourth-order valence-electron chi connectivity index (χ4n) is 4.66. The fourth-order valence-corrected chi connectivity index (χ4v) is 4.66. The number of ether oxygens (including phenoxy) is 2. The molecule has 4 atom stereocenters. The van der Waals surface area contributed by atoms with E-state index < -0.39 is 59.4 Å². The molecule has 1 N–H and O–H groups in total. The Morgan fingerprint density at radius 3 is 2.37 bits per heavy atom. The van der Waals surface area contributed by atoms with Gasteiger partial charge in [-0.25, -0.2) is 23.3 Å². The summed E-state index contributed by atoms with van der Waals surface area (Å²) in [6.45, 7) is 9.19. The fraction of sp³-hybridized carbons (Fsp3) is 0.640. The van der Waals surface area contributed by atoms with Gasteiger partial charge in [0.2, 0.25) is 5.91 Å². The molecule has 194 valence electrons. The second-order valence-corrected chi connectivity index (χ2v) is 10.6. The summed E-state index contributed by atoms with van der Waals surface area (Å²) in [6, 6.07) is 1.56. The molecule has 2 aliphatic heterocycles. The Balaban J connectivity index is 1.94. The minimum absolute atomic E-state index is 0.0209. The lowest BCUT2D eigenvalue weighted by molar-refractivity contribution is -0.139. The molecule has 3 amide bonds. The van der Waals surface area contributed by atoms with Gasteiger partial charge in [-0.1, -0.05) is 13.8 Å². The normalized spacial score (nSPS) is 22.4. The number of aliphatic hydroxyl groups excluding tert-OH is 1. The van der Waals surface area contributed by atoms with Crippen molar-refractivity contribution in [2.24, 2.45) is 11.8 Å². The summed E-state index contributed by atoms with van der Waals surface area (Å²) in [5, 5.41) is 11.4. The Bertz CT molecular complexity index is 944. The van der Waals surface area contributed by atoms with E-state index >= 15 is 0 Å². The Morgan fingerprint density at radius 2 is 1.80 bits per heavy atom. The summed E-state index contributed by atoms with van der Waals surface area (Å²) in [5.74, 6) is -3.72. The van der Waals surface area contributed by atoms with Crippen LogP contribution in [0, 0.1) is 23.5 Å². The third-order valence-electron chi connectivity index (χ3n) is 6.34. The molecule has 35 heavy (non-hydrogen) atoms. The SMILES string of the molecule is CC(C)[C@H]1COC(=O)N1C(=O)[C@@H](Cc1cc(F)cc(F)c1)[C@H](O)[C@H]1CCCN1C(=O)OC(C)(C)C. The van der Waals surface area contributed by atoms with Crippen LogP contribution in [0.15, 0.2) is 18.2 Å². The van der Waals surface area contributed by atoms with E-state index in [0.29, 0.717) is 25.5 Å². The molecule has 0 bridgehead atoms. The van der Waals surface area contributed by atoms with Gasteiger partial charge in [0, 0.05) is 12.6 Å². The van der Waals surface area contributed by atoms with Crippen LogP contribution >= 0.6 is 0 Å². The first-order chi connectivity index (χ1) is 16.3. The summed E-state index contributed by atoms with van der Waals surface area (Å²) in [6.07, 6.45) is -2.11. The highest BCUT2D eigenvalue weighted by Gasteiger charge is 2.47. The minimum Gasteiger partial charge on any atom is -0.447 e. The molecule has 10 heteroatoms. The van der Waals surface area contributed by atoms with Crippen LogP contribution in [-0.2, 0) is 20.7 Å². The Kier molecular flexibility index (Phi) is 8.03. The number of likely N-dealkylation sites (tertiary alicyclic amines) is 1. The zero-order valence-electron chi connectivity index (χ0n) is 20.8. The highest BCUT2D eigenvalue weighted by molar-refractivity contribution is 5.95. The molecule has 0 spiro atoms. The minimum atomic E-state index is -1.41. The number of carbonyl (C=O) groups is 3. The van der Waals surface area contributed by atoms with Gasteiger partial charge < -0.3 is 19.5 Å². The van der Waals surface area contributed by atoms with Crippen molar-refractivity contribution >= 4 is 18.1 Å². The molecule has 2 aliphatic rings. The van der Waals surface area contributed by atoms with Crippen LogP contribution in [0.2, 0.25) is 0 Å². The number of rotatable bonds is 6. The maximum Gasteiger partial charge on any atom is 0.416 e. The van der Waals surface area contributed by atoms with Crippen LogP contribution in [0.1, 0.15) is 53.0 Å². The van der Waals surface area contributed by atoms with Gasteiger partial charge in [-0.05, 0) is 63.6 Å². The number of hydrogen-bond acceptors (Lipinski definition) is 6. The molecule has 2 heterocycles. The van der Waals surface area contributed by atoms with Crippen molar-refractivity contribution in [2.45, 2.75) is 77.7 Å². The molecule has 0 unspecified atom stereocenters. The third-order valence-corrected chi connectivity index (χ3v) is 6.34. The number of amides is 3. The van der Waals surface area contributed by atoms with Crippen molar-refractivity contribution in [1.29, 1.82) is 0 Å². The predicted octanol–water partition coefficient (Wildman–Crippen LogP) is 3.89. The molecular formula is C25H34F2N2O6. The number of carbonyl (C=O) groups excluding carboxylic acids is 3. The van der Waals surface area contributed by atoms with Crippen molar-refractivity contribution in [3.8, 4) is 0 Å². The average molecular weight is 497 g/mol. The molecule has 0 saturated carbocycles. The number of hydrogen-bond donors (Lipinski definition) is 1. The summed E-state index contributed by atoms with van der Waals surface area (Å²) in [4.78, 5) is 41.3. The van der Waals surface area contributed by atoms with Crippen LogP contribution < -0.4 is 0 Å². The number of nitrogens with zero attached hydrogens (tertiary/aromatic N) is 2. The second kappa shape index (κ2) is 10.5. The lowest BCUT2D eigenvalue weighted by Crippen LogP contribution is -2.53. The van der Waals surface area contributed by atoms with Gasteiger partial charge in [-0.2, -0.15) is 0 Å². The van der Waals surface area contributed by atoms with Gasteiger partial charge in [0.15, 0.2) is 0 Å². The third kappa shape index (κ3) is 6.28. The van der Waals surface area contributed by atoms with E-state index in [9.17, 15) is 28.3 Å². The molecule has 8 nitrogen and oxygen atoms in total. The molecule has 3 rings (SSSR count). The summed E-state index contributed by atoms with van der Waals surface area (Å²) in [5.41, 5.74) is -0.608. The van der Waals surface area contributed by atoms with Crippen LogP contribution in [0.4, 0.5) is 18.4 Å². The Hall–Kier alpha value is -2.75. The van der Waals surface area contributed by atoms with E-state index in [4.69, 9.17) is 9.47 Å². The van der Waals surface area contributed by atoms with Gasteiger partial charge in [0.25, 0.3) is 0 Å². The van der Waals surface area contributed by atoms with Gasteiger partial charge >= 0.3 is 12.2 Å². The molecular weight excluding hydrogens is 462 g/mol. The molecule has 1 aromatic rings. The maximum absolute atomic E-state index is 13.9. The highest BCUT2D eigenvalue weighted by Crippen LogP contribution is 2.31. The molecule has 2 saturated heterocycles. The topological polar surface area (TPSA) is 96.4 Å². The lowest BCUT2D eigenvalue weighted by Gasteiger charge is -2.35. The van der Waals surface area contributed by atoms with Crippen molar-refractivity contribution in [3.63, 3.8) is 0 Å². The zero-order valence-corrected chi connectivity index (χ0v) is 20.8. The first-order valence-corrected chi connectivity index (χ1v) is 11.9. The van der Waals surface area contributed by atoms with Crippen molar-refractivity contribution in [3.05, 3.63) is 35.4 Å². The summed E-state index contributed by atoms with van der Waals surface area (Å²) >= 11 is 0.